The molecule has 0 saturated heterocycles. The first-order chi connectivity index (χ1) is 6.54. The van der Waals surface area contributed by atoms with Crippen LogP contribution in [-0.2, 0) is 4.79 Å². The number of halogens is 3. The number of amides is 1. The summed E-state index contributed by atoms with van der Waals surface area (Å²) >= 11 is 3.86. The Morgan fingerprint density at radius 3 is 2.07 bits per heavy atom. The van der Waals surface area contributed by atoms with Crippen LogP contribution >= 0.6 is 22.5 Å². The lowest BCUT2D eigenvalue weighted by Gasteiger charge is -2.32. The van der Waals surface area contributed by atoms with E-state index in [1.807, 2.05) is 0 Å². The van der Waals surface area contributed by atoms with E-state index in [2.05, 4.69) is 11.7 Å². The molecule has 2 nitrogen and oxygen atoms in total. The van der Waals surface area contributed by atoms with Crippen molar-refractivity contribution in [3.05, 3.63) is 0 Å². The molecule has 0 saturated carbocycles. The molecule has 0 aliphatic rings. The Labute approximate surface area is 96.4 Å². The number of carbonyl (C=O) groups is 1. The summed E-state index contributed by atoms with van der Waals surface area (Å²) in [5, 5.41) is 0. The first-order valence-electron chi connectivity index (χ1n) is 4.20. The van der Waals surface area contributed by atoms with Crippen LogP contribution in [0.1, 0.15) is 20.8 Å². The Kier molecular flexibility index (Phi) is 4.85. The SMILES string of the molecule is CC(N(C)C(=O)C(C)(C)SS)C(F)(F)F. The maximum atomic E-state index is 12.3. The maximum absolute atomic E-state index is 12.3. The van der Waals surface area contributed by atoms with Gasteiger partial charge in [0.2, 0.25) is 5.91 Å². The molecule has 0 bridgehead atoms. The second kappa shape index (κ2) is 4.86. The topological polar surface area (TPSA) is 20.3 Å². The van der Waals surface area contributed by atoms with Crippen molar-refractivity contribution in [3.63, 3.8) is 0 Å². The molecule has 0 spiro atoms. The number of nitrogens with zero attached hydrogens (tertiary/aromatic N) is 1. The molecule has 0 radical (unpaired) electrons. The van der Waals surface area contributed by atoms with Crippen molar-refractivity contribution >= 4 is 28.4 Å². The van der Waals surface area contributed by atoms with Crippen molar-refractivity contribution in [2.75, 3.05) is 7.05 Å². The zero-order chi connectivity index (χ0) is 12.4. The number of rotatable bonds is 3. The van der Waals surface area contributed by atoms with Gasteiger partial charge in [0.25, 0.3) is 0 Å². The number of carbonyl (C=O) groups excluding carboxylic acids is 1. The largest absolute Gasteiger partial charge is 0.408 e. The van der Waals surface area contributed by atoms with Crippen LogP contribution < -0.4 is 0 Å². The normalized spacial score (nSPS) is 14.9. The van der Waals surface area contributed by atoms with Gasteiger partial charge in [0.1, 0.15) is 6.04 Å². The highest BCUT2D eigenvalue weighted by Crippen LogP contribution is 2.32. The third-order valence-corrected chi connectivity index (χ3v) is 4.12. The zero-order valence-corrected chi connectivity index (χ0v) is 10.6. The third kappa shape index (κ3) is 3.79. The first kappa shape index (κ1) is 15.0. The van der Waals surface area contributed by atoms with E-state index in [4.69, 9.17) is 0 Å². The molecule has 90 valence electrons. The standard InChI is InChI=1S/C8H14F3NOS2/c1-5(8(9,10)11)12(4)6(13)7(2,3)15-14/h5,14H,1-4H3. The second-order valence-electron chi connectivity index (χ2n) is 3.74. The van der Waals surface area contributed by atoms with E-state index in [0.717, 1.165) is 24.8 Å². The van der Waals surface area contributed by atoms with E-state index in [1.54, 1.807) is 0 Å². The minimum Gasteiger partial charge on any atom is -0.333 e. The van der Waals surface area contributed by atoms with Gasteiger partial charge in [0.05, 0.1) is 4.75 Å². The van der Waals surface area contributed by atoms with Crippen LogP contribution in [0, 0.1) is 0 Å². The average Bonchev–Trinajstić information content (AvgIpc) is 2.12. The monoisotopic (exact) mass is 261 g/mol. The molecule has 0 fully saturated rings. The van der Waals surface area contributed by atoms with E-state index in [0.29, 0.717) is 4.90 Å². The molecule has 0 heterocycles. The summed E-state index contributed by atoms with van der Waals surface area (Å²) in [5.74, 6) is -0.590. The maximum Gasteiger partial charge on any atom is 0.408 e. The van der Waals surface area contributed by atoms with Gasteiger partial charge in [-0.3, -0.25) is 4.79 Å². The summed E-state index contributed by atoms with van der Waals surface area (Å²) in [6.07, 6.45) is -4.40. The van der Waals surface area contributed by atoms with Crippen molar-refractivity contribution in [1.82, 2.24) is 4.90 Å². The Bertz CT molecular complexity index is 243. The Morgan fingerprint density at radius 1 is 1.40 bits per heavy atom. The average molecular weight is 261 g/mol. The minimum absolute atomic E-state index is 0.590. The van der Waals surface area contributed by atoms with Crippen LogP contribution in [0.3, 0.4) is 0 Å². The molecule has 15 heavy (non-hydrogen) atoms. The summed E-state index contributed by atoms with van der Waals surface area (Å²) in [4.78, 5) is 12.3. The first-order valence-corrected chi connectivity index (χ1v) is 6.07. The number of alkyl halides is 3. The highest BCUT2D eigenvalue weighted by Gasteiger charge is 2.43. The predicted molar refractivity (Wildman–Crippen MR) is 58.9 cm³/mol. The Balaban J connectivity index is 4.74. The summed E-state index contributed by atoms with van der Waals surface area (Å²) in [6, 6.07) is -1.79. The van der Waals surface area contributed by atoms with Crippen LogP contribution in [0.2, 0.25) is 0 Å². The molecule has 0 aromatic carbocycles. The lowest BCUT2D eigenvalue weighted by Crippen LogP contribution is -2.50. The quantitative estimate of drug-likeness (QED) is 0.623. The number of thiol groups is 1. The van der Waals surface area contributed by atoms with Crippen molar-refractivity contribution in [1.29, 1.82) is 0 Å². The van der Waals surface area contributed by atoms with Gasteiger partial charge in [-0.2, -0.15) is 13.2 Å². The van der Waals surface area contributed by atoms with Gasteiger partial charge in [0.15, 0.2) is 0 Å². The molecule has 1 amide bonds. The fourth-order valence-electron chi connectivity index (χ4n) is 0.859. The minimum atomic E-state index is -4.40. The van der Waals surface area contributed by atoms with Gasteiger partial charge < -0.3 is 4.90 Å². The molecule has 1 atom stereocenters. The Hall–Kier alpha value is -0.0400. The summed E-state index contributed by atoms with van der Waals surface area (Å²) in [5.41, 5.74) is 0. The molecule has 1 unspecified atom stereocenters. The lowest BCUT2D eigenvalue weighted by molar-refractivity contribution is -0.183. The van der Waals surface area contributed by atoms with Gasteiger partial charge in [-0.1, -0.05) is 10.8 Å². The van der Waals surface area contributed by atoms with Gasteiger partial charge in [-0.15, -0.1) is 11.7 Å². The van der Waals surface area contributed by atoms with E-state index in [1.165, 1.54) is 13.8 Å². The predicted octanol–water partition coefficient (Wildman–Crippen LogP) is 2.75. The fraction of sp³-hybridized carbons (Fsp3) is 0.875. The molecule has 0 aromatic heterocycles. The molecular weight excluding hydrogens is 247 g/mol. The highest BCUT2D eigenvalue weighted by atomic mass is 33.1. The third-order valence-electron chi connectivity index (χ3n) is 2.12. The summed E-state index contributed by atoms with van der Waals surface area (Å²) in [6.45, 7) is 4.02. The molecule has 0 aliphatic heterocycles. The van der Waals surface area contributed by atoms with Crippen molar-refractivity contribution in [2.24, 2.45) is 0 Å². The van der Waals surface area contributed by atoms with E-state index in [9.17, 15) is 18.0 Å². The summed E-state index contributed by atoms with van der Waals surface area (Å²) < 4.78 is 36.0. The van der Waals surface area contributed by atoms with Crippen LogP contribution in [0.4, 0.5) is 13.2 Å². The van der Waals surface area contributed by atoms with Gasteiger partial charge in [0, 0.05) is 7.05 Å². The Morgan fingerprint density at radius 2 is 1.80 bits per heavy atom. The van der Waals surface area contributed by atoms with Crippen molar-refractivity contribution in [2.45, 2.75) is 37.7 Å². The number of hydrogen-bond donors (Lipinski definition) is 1. The van der Waals surface area contributed by atoms with E-state index >= 15 is 0 Å². The summed E-state index contributed by atoms with van der Waals surface area (Å²) in [7, 11) is 2.07. The van der Waals surface area contributed by atoms with E-state index < -0.39 is 22.9 Å². The molecule has 0 rings (SSSR count). The zero-order valence-electron chi connectivity index (χ0n) is 8.92. The van der Waals surface area contributed by atoms with Crippen LogP contribution in [-0.4, -0.2) is 34.8 Å². The van der Waals surface area contributed by atoms with Gasteiger partial charge in [-0.25, -0.2) is 0 Å². The molecule has 7 heteroatoms. The van der Waals surface area contributed by atoms with E-state index in [-0.39, 0.29) is 0 Å². The smallest absolute Gasteiger partial charge is 0.333 e. The molecule has 0 aromatic rings. The van der Waals surface area contributed by atoms with Crippen LogP contribution in [0.15, 0.2) is 0 Å². The fourth-order valence-corrected chi connectivity index (χ4v) is 1.32. The molecular formula is C8H14F3NOS2. The second-order valence-corrected chi connectivity index (χ2v) is 5.49. The molecule has 0 aliphatic carbocycles. The van der Waals surface area contributed by atoms with Gasteiger partial charge >= 0.3 is 6.18 Å². The lowest BCUT2D eigenvalue weighted by atomic mass is 10.1. The van der Waals surface area contributed by atoms with Gasteiger partial charge in [-0.05, 0) is 20.8 Å². The van der Waals surface area contributed by atoms with Crippen LogP contribution in [0.5, 0.6) is 0 Å². The van der Waals surface area contributed by atoms with Crippen molar-refractivity contribution < 1.29 is 18.0 Å². The highest BCUT2D eigenvalue weighted by molar-refractivity contribution is 8.69. The van der Waals surface area contributed by atoms with Crippen LogP contribution in [0.25, 0.3) is 0 Å². The molecule has 0 N–H and O–H groups in total. The number of hydrogen-bond acceptors (Lipinski definition) is 3. The van der Waals surface area contributed by atoms with Crippen molar-refractivity contribution in [3.8, 4) is 0 Å².